The predicted octanol–water partition coefficient (Wildman–Crippen LogP) is 3.59. The van der Waals surface area contributed by atoms with Gasteiger partial charge in [0.25, 0.3) is 0 Å². The van der Waals surface area contributed by atoms with Gasteiger partial charge in [-0.15, -0.1) is 0 Å². The molecule has 1 aromatic rings. The summed E-state index contributed by atoms with van der Waals surface area (Å²) in [5.41, 5.74) is 9.97. The number of nitrogens with two attached hydrogens (primary N) is 1. The van der Waals surface area contributed by atoms with Crippen LogP contribution < -0.4 is 11.1 Å². The fourth-order valence-electron chi connectivity index (χ4n) is 1.44. The van der Waals surface area contributed by atoms with Gasteiger partial charge in [0.15, 0.2) is 0 Å². The number of allylic oxidation sites excluding steroid dienone is 4. The van der Waals surface area contributed by atoms with Gasteiger partial charge < -0.3 is 11.1 Å². The Kier molecular flexibility index (Phi) is 5.24. The van der Waals surface area contributed by atoms with Crippen molar-refractivity contribution in [2.45, 2.75) is 20.4 Å². The number of benzene rings is 1. The smallest absolute Gasteiger partial charge is 0.0387 e. The molecule has 2 heteroatoms. The van der Waals surface area contributed by atoms with Crippen molar-refractivity contribution in [1.29, 1.82) is 0 Å². The summed E-state index contributed by atoms with van der Waals surface area (Å²) in [5.74, 6) is 0. The van der Waals surface area contributed by atoms with Crippen molar-refractivity contribution in [2.24, 2.45) is 5.73 Å². The molecule has 0 spiro atoms. The molecule has 0 fully saturated rings. The van der Waals surface area contributed by atoms with E-state index in [0.29, 0.717) is 6.54 Å². The largest absolute Gasteiger partial charge is 0.356 e. The molecule has 0 unspecified atom stereocenters. The van der Waals surface area contributed by atoms with Gasteiger partial charge >= 0.3 is 0 Å². The lowest BCUT2D eigenvalue weighted by Crippen LogP contribution is -2.00. The van der Waals surface area contributed by atoms with E-state index in [2.05, 4.69) is 24.0 Å². The Balaban J connectivity index is 2.85. The first-order chi connectivity index (χ1) is 8.19. The first kappa shape index (κ1) is 13.3. The van der Waals surface area contributed by atoms with Gasteiger partial charge in [0.2, 0.25) is 0 Å². The summed E-state index contributed by atoms with van der Waals surface area (Å²) in [6, 6.07) is 8.10. The first-order valence-corrected chi connectivity index (χ1v) is 5.72. The molecule has 0 bridgehead atoms. The van der Waals surface area contributed by atoms with Crippen molar-refractivity contribution in [3.8, 4) is 0 Å². The van der Waals surface area contributed by atoms with Gasteiger partial charge in [-0.05, 0) is 43.2 Å². The van der Waals surface area contributed by atoms with E-state index in [1.165, 1.54) is 0 Å². The second-order valence-corrected chi connectivity index (χ2v) is 3.87. The van der Waals surface area contributed by atoms with E-state index in [9.17, 15) is 0 Å². The van der Waals surface area contributed by atoms with Crippen LogP contribution in [-0.2, 0) is 6.54 Å². The highest BCUT2D eigenvalue weighted by Crippen LogP contribution is 2.14. The maximum Gasteiger partial charge on any atom is 0.0387 e. The van der Waals surface area contributed by atoms with Crippen molar-refractivity contribution >= 4 is 5.69 Å². The Morgan fingerprint density at radius 2 is 2.24 bits per heavy atom. The van der Waals surface area contributed by atoms with Gasteiger partial charge in [0, 0.05) is 17.9 Å². The molecule has 17 heavy (non-hydrogen) atoms. The molecular formula is C15H20N2. The minimum atomic E-state index is 0.558. The molecular weight excluding hydrogens is 208 g/mol. The zero-order valence-electron chi connectivity index (χ0n) is 10.5. The SMILES string of the molecule is C=C/C(C)=C\C(=C/C)Nc1cccc(CN)c1. The highest BCUT2D eigenvalue weighted by molar-refractivity contribution is 5.53. The lowest BCUT2D eigenvalue weighted by molar-refractivity contribution is 1.07. The van der Waals surface area contributed by atoms with E-state index in [1.54, 1.807) is 0 Å². The fourth-order valence-corrected chi connectivity index (χ4v) is 1.44. The highest BCUT2D eigenvalue weighted by atomic mass is 14.9. The summed E-state index contributed by atoms with van der Waals surface area (Å²) >= 11 is 0. The van der Waals surface area contributed by atoms with Gasteiger partial charge in [-0.1, -0.05) is 30.9 Å². The third kappa shape index (κ3) is 4.29. The number of nitrogens with one attached hydrogen (secondary N) is 1. The molecule has 1 aromatic carbocycles. The van der Waals surface area contributed by atoms with Crippen LogP contribution in [0.25, 0.3) is 0 Å². The van der Waals surface area contributed by atoms with Crippen LogP contribution in [0, 0.1) is 0 Å². The van der Waals surface area contributed by atoms with Gasteiger partial charge in [-0.3, -0.25) is 0 Å². The number of rotatable bonds is 5. The topological polar surface area (TPSA) is 38.0 Å². The first-order valence-electron chi connectivity index (χ1n) is 5.72. The Morgan fingerprint density at radius 1 is 1.47 bits per heavy atom. The third-order valence-corrected chi connectivity index (χ3v) is 2.47. The minimum absolute atomic E-state index is 0.558. The number of hydrogen-bond donors (Lipinski definition) is 2. The molecule has 0 aromatic heterocycles. The molecule has 0 aliphatic heterocycles. The molecule has 2 nitrogen and oxygen atoms in total. The van der Waals surface area contributed by atoms with Gasteiger partial charge in [0.05, 0.1) is 0 Å². The van der Waals surface area contributed by atoms with Crippen LogP contribution in [0.15, 0.2) is 60.3 Å². The average Bonchev–Trinajstić information content (AvgIpc) is 2.37. The molecule has 0 saturated carbocycles. The van der Waals surface area contributed by atoms with Crippen LogP contribution in [0.3, 0.4) is 0 Å². The average molecular weight is 228 g/mol. The standard InChI is InChI=1S/C15H20N2/c1-4-12(3)9-14(5-2)17-15-8-6-7-13(10-15)11-16/h4-10,17H,1,11,16H2,2-3H3/b12-9-,14-5+. The lowest BCUT2D eigenvalue weighted by Gasteiger charge is -2.09. The van der Waals surface area contributed by atoms with E-state index in [4.69, 9.17) is 5.73 Å². The van der Waals surface area contributed by atoms with Crippen LogP contribution in [0.2, 0.25) is 0 Å². The second-order valence-electron chi connectivity index (χ2n) is 3.87. The van der Waals surface area contributed by atoms with Crippen molar-refractivity contribution in [2.75, 3.05) is 5.32 Å². The lowest BCUT2D eigenvalue weighted by atomic mass is 10.2. The maximum atomic E-state index is 5.62. The van der Waals surface area contributed by atoms with E-state index in [-0.39, 0.29) is 0 Å². The van der Waals surface area contributed by atoms with Crippen LogP contribution in [0.5, 0.6) is 0 Å². The van der Waals surface area contributed by atoms with Crippen molar-refractivity contribution < 1.29 is 0 Å². The van der Waals surface area contributed by atoms with Crippen molar-refractivity contribution in [3.63, 3.8) is 0 Å². The quantitative estimate of drug-likeness (QED) is 0.756. The van der Waals surface area contributed by atoms with E-state index in [0.717, 1.165) is 22.5 Å². The van der Waals surface area contributed by atoms with Crippen LogP contribution >= 0.6 is 0 Å². The molecule has 3 N–H and O–H groups in total. The van der Waals surface area contributed by atoms with E-state index in [1.807, 2.05) is 44.2 Å². The maximum absolute atomic E-state index is 5.62. The number of anilines is 1. The molecule has 0 heterocycles. The highest BCUT2D eigenvalue weighted by Gasteiger charge is 1.96. The zero-order valence-corrected chi connectivity index (χ0v) is 10.5. The monoisotopic (exact) mass is 228 g/mol. The van der Waals surface area contributed by atoms with Gasteiger partial charge in [-0.2, -0.15) is 0 Å². The van der Waals surface area contributed by atoms with Crippen LogP contribution in [-0.4, -0.2) is 0 Å². The molecule has 0 amide bonds. The molecule has 0 aliphatic carbocycles. The second kappa shape index (κ2) is 6.71. The molecule has 0 saturated heterocycles. The molecule has 1 rings (SSSR count). The van der Waals surface area contributed by atoms with E-state index >= 15 is 0 Å². The summed E-state index contributed by atoms with van der Waals surface area (Å²) in [7, 11) is 0. The normalized spacial score (nSPS) is 12.4. The molecule has 0 aliphatic rings. The molecule has 90 valence electrons. The predicted molar refractivity (Wildman–Crippen MR) is 75.7 cm³/mol. The summed E-state index contributed by atoms with van der Waals surface area (Å²) in [4.78, 5) is 0. The Hall–Kier alpha value is -1.80. The summed E-state index contributed by atoms with van der Waals surface area (Å²) in [6.07, 6.45) is 5.92. The van der Waals surface area contributed by atoms with E-state index < -0.39 is 0 Å². The third-order valence-electron chi connectivity index (χ3n) is 2.47. The van der Waals surface area contributed by atoms with Gasteiger partial charge in [-0.25, -0.2) is 0 Å². The minimum Gasteiger partial charge on any atom is -0.356 e. The fraction of sp³-hybridized carbons (Fsp3) is 0.200. The summed E-state index contributed by atoms with van der Waals surface area (Å²) in [5, 5.41) is 3.35. The van der Waals surface area contributed by atoms with Crippen molar-refractivity contribution in [1.82, 2.24) is 0 Å². The molecule has 0 atom stereocenters. The summed E-state index contributed by atoms with van der Waals surface area (Å²) in [6.45, 7) is 8.32. The van der Waals surface area contributed by atoms with Gasteiger partial charge in [0.1, 0.15) is 0 Å². The number of hydrogen-bond acceptors (Lipinski definition) is 2. The Morgan fingerprint density at radius 3 is 2.82 bits per heavy atom. The Bertz CT molecular complexity index is 442. The summed E-state index contributed by atoms with van der Waals surface area (Å²) < 4.78 is 0. The Labute approximate surface area is 104 Å². The van der Waals surface area contributed by atoms with Crippen molar-refractivity contribution in [3.05, 3.63) is 65.9 Å². The van der Waals surface area contributed by atoms with Crippen LogP contribution in [0.4, 0.5) is 5.69 Å². The van der Waals surface area contributed by atoms with Crippen LogP contribution in [0.1, 0.15) is 19.4 Å². The zero-order chi connectivity index (χ0) is 12.7. The molecule has 0 radical (unpaired) electrons.